The highest BCUT2D eigenvalue weighted by Crippen LogP contribution is 2.16. The van der Waals surface area contributed by atoms with Crippen molar-refractivity contribution in [3.05, 3.63) is 59.2 Å². The quantitative estimate of drug-likeness (QED) is 0.586. The second kappa shape index (κ2) is 6.31. The minimum absolute atomic E-state index is 0.893. The minimum atomic E-state index is -1.28. The SMILES string of the molecule is COc1ccc(/C=C/c2cccc([Si](C)(C)C)c2C)cc1. The standard InChI is InChI=1S/C19H24OSi/c1-15-17(7-6-8-19(15)21(3,4)5)12-9-16-10-13-18(20-2)14-11-16/h6-14H,1-5H3/b12-9+. The molecule has 0 aliphatic rings. The van der Waals surface area contributed by atoms with Crippen molar-refractivity contribution in [1.29, 1.82) is 0 Å². The molecule has 0 radical (unpaired) electrons. The molecular weight excluding hydrogens is 272 g/mol. The van der Waals surface area contributed by atoms with Crippen molar-refractivity contribution in [2.45, 2.75) is 26.6 Å². The van der Waals surface area contributed by atoms with E-state index in [4.69, 9.17) is 4.74 Å². The van der Waals surface area contributed by atoms with E-state index < -0.39 is 8.07 Å². The number of rotatable bonds is 4. The van der Waals surface area contributed by atoms with Crippen LogP contribution in [0.25, 0.3) is 12.2 Å². The molecule has 1 nitrogen and oxygen atoms in total. The molecule has 2 aromatic rings. The van der Waals surface area contributed by atoms with E-state index in [0.717, 1.165) is 5.75 Å². The fourth-order valence-corrected chi connectivity index (χ4v) is 4.41. The van der Waals surface area contributed by atoms with Crippen molar-refractivity contribution >= 4 is 25.4 Å². The summed E-state index contributed by atoms with van der Waals surface area (Å²) in [5, 5.41) is 1.54. The Bertz CT molecular complexity index is 634. The number of hydrogen-bond acceptors (Lipinski definition) is 1. The van der Waals surface area contributed by atoms with Crippen LogP contribution in [0.5, 0.6) is 5.75 Å². The van der Waals surface area contributed by atoms with Crippen LogP contribution in [-0.2, 0) is 0 Å². The van der Waals surface area contributed by atoms with Crippen molar-refractivity contribution in [2.75, 3.05) is 7.11 Å². The summed E-state index contributed by atoms with van der Waals surface area (Å²) in [6.07, 6.45) is 4.37. The first-order valence-corrected chi connectivity index (χ1v) is 10.8. The second-order valence-corrected chi connectivity index (χ2v) is 11.4. The van der Waals surface area contributed by atoms with E-state index in [2.05, 4.69) is 69.0 Å². The van der Waals surface area contributed by atoms with Gasteiger partial charge in [-0.1, -0.05) is 67.3 Å². The van der Waals surface area contributed by atoms with Crippen LogP contribution in [0.2, 0.25) is 19.6 Å². The molecule has 2 rings (SSSR count). The van der Waals surface area contributed by atoms with Gasteiger partial charge in [-0.2, -0.15) is 0 Å². The van der Waals surface area contributed by atoms with Gasteiger partial charge in [0, 0.05) is 0 Å². The van der Waals surface area contributed by atoms with Crippen LogP contribution in [0.15, 0.2) is 42.5 Å². The molecule has 2 heteroatoms. The van der Waals surface area contributed by atoms with Crippen LogP contribution >= 0.6 is 0 Å². The van der Waals surface area contributed by atoms with Crippen molar-refractivity contribution in [1.82, 2.24) is 0 Å². The summed E-state index contributed by atoms with van der Waals surface area (Å²) >= 11 is 0. The molecule has 0 aliphatic heterocycles. The topological polar surface area (TPSA) is 9.23 Å². The lowest BCUT2D eigenvalue weighted by Gasteiger charge is -2.20. The molecule has 0 amide bonds. The molecule has 0 bridgehead atoms. The Kier molecular flexibility index (Phi) is 4.68. The highest BCUT2D eigenvalue weighted by atomic mass is 28.3. The van der Waals surface area contributed by atoms with E-state index in [1.54, 1.807) is 12.3 Å². The second-order valence-electron chi connectivity index (χ2n) is 6.38. The van der Waals surface area contributed by atoms with Gasteiger partial charge in [-0.25, -0.2) is 0 Å². The first-order valence-electron chi connectivity index (χ1n) is 7.34. The van der Waals surface area contributed by atoms with Crippen LogP contribution in [0.1, 0.15) is 16.7 Å². The Morgan fingerprint density at radius 1 is 0.905 bits per heavy atom. The summed E-state index contributed by atoms with van der Waals surface area (Å²) in [7, 11) is 0.410. The Labute approximate surface area is 129 Å². The monoisotopic (exact) mass is 296 g/mol. The average Bonchev–Trinajstić information content (AvgIpc) is 2.45. The number of methoxy groups -OCH3 is 1. The zero-order valence-corrected chi connectivity index (χ0v) is 14.6. The van der Waals surface area contributed by atoms with Crippen LogP contribution in [0.3, 0.4) is 0 Å². The molecule has 110 valence electrons. The third kappa shape index (κ3) is 3.85. The maximum Gasteiger partial charge on any atom is 0.118 e. The van der Waals surface area contributed by atoms with Crippen LogP contribution < -0.4 is 9.92 Å². The van der Waals surface area contributed by atoms with Gasteiger partial charge in [0.1, 0.15) is 5.75 Å². The summed E-state index contributed by atoms with van der Waals surface area (Å²) in [6.45, 7) is 9.42. The zero-order chi connectivity index (χ0) is 15.5. The highest BCUT2D eigenvalue weighted by molar-refractivity contribution is 6.89. The Hall–Kier alpha value is -1.80. The lowest BCUT2D eigenvalue weighted by atomic mass is 10.1. The van der Waals surface area contributed by atoms with Gasteiger partial charge in [0.05, 0.1) is 15.2 Å². The molecular formula is C19H24OSi. The molecule has 0 heterocycles. The van der Waals surface area contributed by atoms with Gasteiger partial charge in [0.25, 0.3) is 0 Å². The van der Waals surface area contributed by atoms with E-state index in [0.29, 0.717) is 0 Å². The van der Waals surface area contributed by atoms with E-state index in [1.165, 1.54) is 16.7 Å². The summed E-state index contributed by atoms with van der Waals surface area (Å²) < 4.78 is 5.18. The Balaban J connectivity index is 2.28. The van der Waals surface area contributed by atoms with Crippen molar-refractivity contribution < 1.29 is 4.74 Å². The van der Waals surface area contributed by atoms with Gasteiger partial charge in [-0.3, -0.25) is 0 Å². The smallest absolute Gasteiger partial charge is 0.118 e. The summed E-state index contributed by atoms with van der Waals surface area (Å²) in [6, 6.07) is 14.8. The molecule has 0 atom stereocenters. The fourth-order valence-electron chi connectivity index (χ4n) is 2.55. The maximum atomic E-state index is 5.18. The molecule has 2 aromatic carbocycles. The Morgan fingerprint density at radius 2 is 1.57 bits per heavy atom. The van der Waals surface area contributed by atoms with Gasteiger partial charge in [0.15, 0.2) is 0 Å². The summed E-state index contributed by atoms with van der Waals surface area (Å²) in [5.74, 6) is 0.893. The maximum absolute atomic E-state index is 5.18. The average molecular weight is 296 g/mol. The molecule has 0 N–H and O–H groups in total. The van der Waals surface area contributed by atoms with Gasteiger partial charge >= 0.3 is 0 Å². The van der Waals surface area contributed by atoms with Crippen LogP contribution in [0, 0.1) is 6.92 Å². The lowest BCUT2D eigenvalue weighted by Crippen LogP contribution is -2.39. The van der Waals surface area contributed by atoms with E-state index in [9.17, 15) is 0 Å². The van der Waals surface area contributed by atoms with Crippen molar-refractivity contribution in [2.24, 2.45) is 0 Å². The predicted molar refractivity (Wildman–Crippen MR) is 96.1 cm³/mol. The first kappa shape index (κ1) is 15.6. The molecule has 0 saturated heterocycles. The van der Waals surface area contributed by atoms with Crippen molar-refractivity contribution in [3.8, 4) is 5.75 Å². The molecule has 0 unspecified atom stereocenters. The number of ether oxygens (including phenoxy) is 1. The molecule has 21 heavy (non-hydrogen) atoms. The predicted octanol–water partition coefficient (Wildman–Crippen LogP) is 4.72. The number of benzene rings is 2. The summed E-state index contributed by atoms with van der Waals surface area (Å²) in [5.41, 5.74) is 3.92. The van der Waals surface area contributed by atoms with Gasteiger partial charge < -0.3 is 4.74 Å². The Morgan fingerprint density at radius 3 is 2.14 bits per heavy atom. The third-order valence-electron chi connectivity index (χ3n) is 3.75. The normalized spacial score (nSPS) is 11.9. The summed E-state index contributed by atoms with van der Waals surface area (Å²) in [4.78, 5) is 0. The van der Waals surface area contributed by atoms with Crippen LogP contribution in [-0.4, -0.2) is 15.2 Å². The van der Waals surface area contributed by atoms with E-state index >= 15 is 0 Å². The molecule has 0 fully saturated rings. The van der Waals surface area contributed by atoms with E-state index in [-0.39, 0.29) is 0 Å². The molecule has 0 saturated carbocycles. The largest absolute Gasteiger partial charge is 0.497 e. The van der Waals surface area contributed by atoms with Gasteiger partial charge in [-0.05, 0) is 35.7 Å². The zero-order valence-electron chi connectivity index (χ0n) is 13.6. The highest BCUT2D eigenvalue weighted by Gasteiger charge is 2.18. The first-order chi connectivity index (χ1) is 9.91. The minimum Gasteiger partial charge on any atom is -0.497 e. The van der Waals surface area contributed by atoms with Crippen LogP contribution in [0.4, 0.5) is 0 Å². The van der Waals surface area contributed by atoms with Gasteiger partial charge in [0.2, 0.25) is 0 Å². The fraction of sp³-hybridized carbons (Fsp3) is 0.263. The molecule has 0 aromatic heterocycles. The van der Waals surface area contributed by atoms with Crippen molar-refractivity contribution in [3.63, 3.8) is 0 Å². The number of hydrogen-bond donors (Lipinski definition) is 0. The van der Waals surface area contributed by atoms with E-state index in [1.807, 2.05) is 12.1 Å². The molecule has 0 aliphatic carbocycles. The third-order valence-corrected chi connectivity index (χ3v) is 5.91. The molecule has 0 spiro atoms. The lowest BCUT2D eigenvalue weighted by molar-refractivity contribution is 0.415. The van der Waals surface area contributed by atoms with Gasteiger partial charge in [-0.15, -0.1) is 0 Å².